The number of benzene rings is 2. The fourth-order valence-electron chi connectivity index (χ4n) is 3.05. The summed E-state index contributed by atoms with van der Waals surface area (Å²) in [5.41, 5.74) is 2.11. The summed E-state index contributed by atoms with van der Waals surface area (Å²) < 4.78 is 25.8. The third-order valence-electron chi connectivity index (χ3n) is 4.62. The van der Waals surface area contributed by atoms with Crippen molar-refractivity contribution in [1.82, 2.24) is 10.2 Å². The maximum absolute atomic E-state index is 12.9. The molecule has 1 saturated heterocycles. The minimum absolute atomic E-state index is 0.366. The van der Waals surface area contributed by atoms with Gasteiger partial charge in [0.25, 0.3) is 11.8 Å². The monoisotopic (exact) mass is 373 g/mol. The van der Waals surface area contributed by atoms with Crippen LogP contribution >= 0.6 is 0 Å². The van der Waals surface area contributed by atoms with Crippen LogP contribution in [0.15, 0.2) is 48.5 Å². The second-order valence-corrected chi connectivity index (χ2v) is 7.21. The van der Waals surface area contributed by atoms with E-state index in [-0.39, 0.29) is 0 Å². The molecular formula is C20H19F2N2O3-. The Morgan fingerprint density at radius 1 is 1.00 bits per heavy atom. The smallest absolute Gasteiger partial charge is 0.282 e. The molecule has 3 rings (SSSR count). The van der Waals surface area contributed by atoms with Crippen molar-refractivity contribution in [2.75, 3.05) is 13.1 Å². The van der Waals surface area contributed by atoms with Gasteiger partial charge in [0.15, 0.2) is 0 Å². The number of rotatable bonds is 4. The molecule has 1 N–H and O–H groups in total. The number of halogens is 2. The van der Waals surface area contributed by atoms with E-state index in [9.17, 15) is 23.5 Å². The van der Waals surface area contributed by atoms with Crippen LogP contribution in [0.2, 0.25) is 0 Å². The quantitative estimate of drug-likeness (QED) is 0.895. The summed E-state index contributed by atoms with van der Waals surface area (Å²) in [7, 11) is 0. The number of hydrogen-bond acceptors (Lipinski definition) is 3. The normalized spacial score (nSPS) is 15.8. The summed E-state index contributed by atoms with van der Waals surface area (Å²) in [5, 5.41) is 13.1. The molecule has 2 amide bonds. The van der Waals surface area contributed by atoms with E-state index >= 15 is 0 Å². The molecule has 1 fully saturated rings. The Labute approximate surface area is 155 Å². The van der Waals surface area contributed by atoms with Crippen molar-refractivity contribution in [2.45, 2.75) is 25.3 Å². The van der Waals surface area contributed by atoms with Crippen LogP contribution in [-0.2, 0) is 5.54 Å². The van der Waals surface area contributed by atoms with Gasteiger partial charge in [-0.1, -0.05) is 36.4 Å². The van der Waals surface area contributed by atoms with Gasteiger partial charge in [0, 0.05) is 5.56 Å². The van der Waals surface area contributed by atoms with Crippen molar-refractivity contribution in [3.8, 4) is 11.1 Å². The lowest BCUT2D eigenvalue weighted by molar-refractivity contribution is -0.253. The molecular weight excluding hydrogens is 354 g/mol. The fraction of sp³-hybridized carbons (Fsp3) is 0.300. The summed E-state index contributed by atoms with van der Waals surface area (Å²) in [5.74, 6) is -3.19. The highest BCUT2D eigenvalue weighted by molar-refractivity contribution is 5.95. The number of hydrogen-bond donors (Lipinski definition) is 1. The van der Waals surface area contributed by atoms with Crippen LogP contribution < -0.4 is 10.4 Å². The Hall–Kier alpha value is -2.96. The lowest BCUT2D eigenvalue weighted by Gasteiger charge is -2.38. The third-order valence-corrected chi connectivity index (χ3v) is 4.62. The van der Waals surface area contributed by atoms with Gasteiger partial charge >= 0.3 is 0 Å². The minimum atomic E-state index is -2.78. The Kier molecular flexibility index (Phi) is 4.63. The van der Waals surface area contributed by atoms with Crippen LogP contribution in [0.25, 0.3) is 11.1 Å². The van der Waals surface area contributed by atoms with Crippen molar-refractivity contribution >= 4 is 12.0 Å². The van der Waals surface area contributed by atoms with Crippen molar-refractivity contribution in [2.24, 2.45) is 0 Å². The van der Waals surface area contributed by atoms with Crippen LogP contribution in [0.5, 0.6) is 0 Å². The topological polar surface area (TPSA) is 72.5 Å². The number of carbonyl (C=O) groups excluding carboxylic acids is 2. The number of carbonyl (C=O) groups is 2. The largest absolute Gasteiger partial charge is 0.530 e. The Morgan fingerprint density at radius 3 is 1.93 bits per heavy atom. The molecule has 0 atom stereocenters. The third kappa shape index (κ3) is 4.07. The zero-order valence-electron chi connectivity index (χ0n) is 15.0. The van der Waals surface area contributed by atoms with E-state index in [1.165, 1.54) is 0 Å². The van der Waals surface area contributed by atoms with Crippen molar-refractivity contribution in [1.29, 1.82) is 0 Å². The summed E-state index contributed by atoms with van der Waals surface area (Å²) in [4.78, 5) is 24.0. The molecule has 27 heavy (non-hydrogen) atoms. The van der Waals surface area contributed by atoms with Gasteiger partial charge < -0.3 is 20.1 Å². The van der Waals surface area contributed by atoms with E-state index in [2.05, 4.69) is 5.32 Å². The van der Waals surface area contributed by atoms with E-state index in [1.807, 2.05) is 24.3 Å². The lowest BCUT2D eigenvalue weighted by atomic mass is 9.92. The Balaban J connectivity index is 1.72. The zero-order valence-corrected chi connectivity index (χ0v) is 15.0. The fourth-order valence-corrected chi connectivity index (χ4v) is 3.05. The molecule has 2 aromatic rings. The average molecular weight is 373 g/mol. The molecule has 1 aliphatic rings. The van der Waals surface area contributed by atoms with Crippen LogP contribution in [0, 0.1) is 0 Å². The molecule has 0 aromatic heterocycles. The Morgan fingerprint density at radius 2 is 1.48 bits per heavy atom. The SMILES string of the molecule is CC(C)(NC(=O)[O-])c1ccc(-c2ccc(C(=O)N3CC(F)(F)C3)cc2)cc1. The predicted octanol–water partition coefficient (Wildman–Crippen LogP) is 2.61. The number of likely N-dealkylation sites (tertiary alicyclic amines) is 1. The molecule has 0 unspecified atom stereocenters. The molecule has 5 nitrogen and oxygen atoms in total. The molecule has 1 aliphatic heterocycles. The first-order valence-corrected chi connectivity index (χ1v) is 8.45. The summed E-state index contributed by atoms with van der Waals surface area (Å²) in [6, 6.07) is 14.1. The van der Waals surface area contributed by atoms with Crippen molar-refractivity contribution in [3.63, 3.8) is 0 Å². The van der Waals surface area contributed by atoms with E-state index in [1.54, 1.807) is 38.1 Å². The van der Waals surface area contributed by atoms with Gasteiger partial charge in [0.1, 0.15) is 6.09 Å². The predicted molar refractivity (Wildman–Crippen MR) is 94.3 cm³/mol. The van der Waals surface area contributed by atoms with Crippen LogP contribution in [-0.4, -0.2) is 35.9 Å². The number of carboxylic acid groups (broad SMARTS) is 1. The minimum Gasteiger partial charge on any atom is -0.530 e. The molecule has 2 aromatic carbocycles. The highest BCUT2D eigenvalue weighted by Gasteiger charge is 2.46. The van der Waals surface area contributed by atoms with Gasteiger partial charge in [-0.2, -0.15) is 0 Å². The first-order chi connectivity index (χ1) is 12.6. The standard InChI is InChI=1S/C20H20F2N2O3/c1-19(2,23-18(26)27)16-9-7-14(8-10-16)13-3-5-15(6-4-13)17(25)24-11-20(21,22)12-24/h3-10,23H,11-12H2,1-2H3,(H,26,27)/p-1. The number of alkyl halides is 2. The average Bonchev–Trinajstić information content (AvgIpc) is 2.58. The van der Waals surface area contributed by atoms with Gasteiger partial charge in [-0.3, -0.25) is 4.79 Å². The zero-order chi connectivity index (χ0) is 19.8. The maximum Gasteiger partial charge on any atom is 0.282 e. The van der Waals surface area contributed by atoms with Gasteiger partial charge in [0.05, 0.1) is 18.6 Å². The van der Waals surface area contributed by atoms with Gasteiger partial charge in [-0.15, -0.1) is 0 Å². The van der Waals surface area contributed by atoms with E-state index < -0.39 is 36.6 Å². The van der Waals surface area contributed by atoms with Crippen LogP contribution in [0.1, 0.15) is 29.8 Å². The van der Waals surface area contributed by atoms with Gasteiger partial charge in [0.2, 0.25) is 0 Å². The lowest BCUT2D eigenvalue weighted by Crippen LogP contribution is -2.58. The van der Waals surface area contributed by atoms with Gasteiger partial charge in [-0.05, 0) is 42.7 Å². The highest BCUT2D eigenvalue weighted by atomic mass is 19.3. The molecule has 142 valence electrons. The molecule has 1 heterocycles. The van der Waals surface area contributed by atoms with Crippen LogP contribution in [0.3, 0.4) is 0 Å². The van der Waals surface area contributed by atoms with E-state index in [4.69, 9.17) is 0 Å². The first kappa shape index (κ1) is 18.8. The molecule has 0 aliphatic carbocycles. The number of amides is 2. The summed E-state index contributed by atoms with van der Waals surface area (Å²) >= 11 is 0. The second kappa shape index (κ2) is 6.64. The Bertz CT molecular complexity index is 854. The molecule has 0 spiro atoms. The first-order valence-electron chi connectivity index (χ1n) is 8.45. The molecule has 7 heteroatoms. The summed E-state index contributed by atoms with van der Waals surface area (Å²) in [6.45, 7) is 2.39. The molecule has 0 bridgehead atoms. The number of nitrogens with one attached hydrogen (secondary N) is 1. The highest BCUT2D eigenvalue weighted by Crippen LogP contribution is 2.29. The van der Waals surface area contributed by atoms with Crippen molar-refractivity contribution in [3.05, 3.63) is 59.7 Å². The van der Waals surface area contributed by atoms with Gasteiger partial charge in [-0.25, -0.2) is 8.78 Å². The number of nitrogens with zero attached hydrogens (tertiary/aromatic N) is 1. The molecule has 0 saturated carbocycles. The van der Waals surface area contributed by atoms with E-state index in [0.29, 0.717) is 5.56 Å². The van der Waals surface area contributed by atoms with Crippen LogP contribution in [0.4, 0.5) is 13.6 Å². The molecule has 0 radical (unpaired) electrons. The summed E-state index contributed by atoms with van der Waals surface area (Å²) in [6.07, 6.45) is -1.34. The van der Waals surface area contributed by atoms with Crippen molar-refractivity contribution < 1.29 is 23.5 Å². The van der Waals surface area contributed by atoms with E-state index in [0.717, 1.165) is 21.6 Å². The maximum atomic E-state index is 12.9. The second-order valence-electron chi connectivity index (χ2n) is 7.21.